The number of benzene rings is 1. The lowest BCUT2D eigenvalue weighted by Crippen LogP contribution is -2.10. The van der Waals surface area contributed by atoms with Gasteiger partial charge in [0.05, 0.1) is 7.11 Å². The molecule has 0 bridgehead atoms. The molecule has 1 N–H and O–H groups in total. The summed E-state index contributed by atoms with van der Waals surface area (Å²) in [6.07, 6.45) is 1.84. The molecular weight excluding hydrogens is 200 g/mol. The average molecular weight is 212 g/mol. The molecule has 0 aliphatic heterocycles. The number of carbonyl (C=O) groups is 1. The van der Waals surface area contributed by atoms with Crippen molar-refractivity contribution in [1.29, 1.82) is 0 Å². The van der Waals surface area contributed by atoms with Gasteiger partial charge in [-0.05, 0) is 24.0 Å². The van der Waals surface area contributed by atoms with Gasteiger partial charge in [0, 0.05) is 0 Å². The maximum absolute atomic E-state index is 11.3. The van der Waals surface area contributed by atoms with E-state index in [2.05, 4.69) is 4.74 Å². The molecule has 0 saturated heterocycles. The summed E-state index contributed by atoms with van der Waals surface area (Å²) in [7, 11) is 1.37. The minimum absolute atomic E-state index is 0.193. The van der Waals surface area contributed by atoms with Crippen LogP contribution < -0.4 is 0 Å². The number of hydrogen-bond acceptors (Lipinski definition) is 4. The Kier molecular flexibility index (Phi) is 3.83. The molecule has 0 fully saturated rings. The Balaban J connectivity index is 2.89. The maximum Gasteiger partial charge on any atom is 0.323 e. The van der Waals surface area contributed by atoms with Crippen LogP contribution in [0.2, 0.25) is 0 Å². The van der Waals surface area contributed by atoms with Crippen molar-refractivity contribution in [3.05, 3.63) is 29.8 Å². The fourth-order valence-corrected chi connectivity index (χ4v) is 1.84. The van der Waals surface area contributed by atoms with E-state index >= 15 is 0 Å². The molecule has 0 aromatic heterocycles. The summed E-state index contributed by atoms with van der Waals surface area (Å²) in [5.74, 6) is -0.0818. The number of esters is 1. The zero-order chi connectivity index (χ0) is 10.6. The molecule has 1 atom stereocenters. The molecule has 0 saturated carbocycles. The SMILES string of the molecule is COC(=O)C(SC)c1ccc(O)cc1. The Morgan fingerprint density at radius 3 is 2.43 bits per heavy atom. The second-order valence-electron chi connectivity index (χ2n) is 2.73. The van der Waals surface area contributed by atoms with Gasteiger partial charge in [-0.25, -0.2) is 0 Å². The Morgan fingerprint density at radius 2 is 2.00 bits per heavy atom. The maximum atomic E-state index is 11.3. The highest BCUT2D eigenvalue weighted by atomic mass is 32.2. The van der Waals surface area contributed by atoms with Crippen molar-refractivity contribution in [2.45, 2.75) is 5.25 Å². The van der Waals surface area contributed by atoms with Crippen LogP contribution in [0.3, 0.4) is 0 Å². The second kappa shape index (κ2) is 4.91. The van der Waals surface area contributed by atoms with Crippen LogP contribution in [0.1, 0.15) is 10.8 Å². The number of carbonyl (C=O) groups excluding carboxylic acids is 1. The molecule has 4 heteroatoms. The molecule has 14 heavy (non-hydrogen) atoms. The average Bonchev–Trinajstić information content (AvgIpc) is 2.21. The minimum atomic E-state index is -0.319. The molecule has 1 unspecified atom stereocenters. The number of rotatable bonds is 3. The van der Waals surface area contributed by atoms with Crippen molar-refractivity contribution in [3.8, 4) is 5.75 Å². The van der Waals surface area contributed by atoms with E-state index in [1.165, 1.54) is 18.9 Å². The van der Waals surface area contributed by atoms with E-state index in [-0.39, 0.29) is 17.0 Å². The number of phenols is 1. The molecule has 76 valence electrons. The highest BCUT2D eigenvalue weighted by Gasteiger charge is 2.19. The fraction of sp³-hybridized carbons (Fsp3) is 0.300. The Labute approximate surface area is 87.1 Å². The van der Waals surface area contributed by atoms with Gasteiger partial charge in [-0.2, -0.15) is 0 Å². The van der Waals surface area contributed by atoms with Crippen LogP contribution in [0.4, 0.5) is 0 Å². The lowest BCUT2D eigenvalue weighted by atomic mass is 10.1. The van der Waals surface area contributed by atoms with Crippen LogP contribution in [0, 0.1) is 0 Å². The van der Waals surface area contributed by atoms with E-state index in [1.807, 2.05) is 6.26 Å². The van der Waals surface area contributed by atoms with E-state index in [1.54, 1.807) is 24.3 Å². The highest BCUT2D eigenvalue weighted by Crippen LogP contribution is 2.28. The summed E-state index contributed by atoms with van der Waals surface area (Å²) in [4.78, 5) is 11.3. The number of ether oxygens (including phenoxy) is 1. The van der Waals surface area contributed by atoms with Gasteiger partial charge in [0.15, 0.2) is 0 Å². The first kappa shape index (κ1) is 10.9. The lowest BCUT2D eigenvalue weighted by Gasteiger charge is -2.11. The number of hydrogen-bond donors (Lipinski definition) is 1. The van der Waals surface area contributed by atoms with E-state index in [0.29, 0.717) is 0 Å². The van der Waals surface area contributed by atoms with E-state index in [4.69, 9.17) is 5.11 Å². The fourth-order valence-electron chi connectivity index (χ4n) is 1.12. The smallest absolute Gasteiger partial charge is 0.323 e. The summed E-state index contributed by atoms with van der Waals surface area (Å²) in [6.45, 7) is 0. The monoisotopic (exact) mass is 212 g/mol. The van der Waals surface area contributed by atoms with Gasteiger partial charge in [-0.3, -0.25) is 4.79 Å². The topological polar surface area (TPSA) is 46.5 Å². The van der Waals surface area contributed by atoms with Crippen molar-refractivity contribution < 1.29 is 14.6 Å². The highest BCUT2D eigenvalue weighted by molar-refractivity contribution is 7.99. The first-order valence-electron chi connectivity index (χ1n) is 4.08. The Morgan fingerprint density at radius 1 is 1.43 bits per heavy atom. The minimum Gasteiger partial charge on any atom is -0.508 e. The summed E-state index contributed by atoms with van der Waals surface area (Å²) < 4.78 is 4.67. The summed E-state index contributed by atoms with van der Waals surface area (Å²) >= 11 is 1.41. The number of methoxy groups -OCH3 is 1. The molecule has 0 radical (unpaired) electrons. The molecule has 0 spiro atoms. The van der Waals surface area contributed by atoms with E-state index in [9.17, 15) is 4.79 Å². The molecule has 0 heterocycles. The summed E-state index contributed by atoms with van der Waals surface area (Å²) in [5.41, 5.74) is 0.835. The first-order valence-corrected chi connectivity index (χ1v) is 5.37. The summed E-state index contributed by atoms with van der Waals surface area (Å²) in [6, 6.07) is 6.55. The van der Waals surface area contributed by atoms with Gasteiger partial charge in [0.2, 0.25) is 0 Å². The van der Waals surface area contributed by atoms with Crippen LogP contribution in [-0.2, 0) is 9.53 Å². The molecule has 0 amide bonds. The van der Waals surface area contributed by atoms with Crippen LogP contribution in [-0.4, -0.2) is 24.4 Å². The zero-order valence-corrected chi connectivity index (χ0v) is 8.88. The first-order chi connectivity index (χ1) is 6.69. The largest absolute Gasteiger partial charge is 0.508 e. The number of thioether (sulfide) groups is 1. The van der Waals surface area contributed by atoms with Gasteiger partial charge in [0.25, 0.3) is 0 Å². The third kappa shape index (κ3) is 2.42. The van der Waals surface area contributed by atoms with E-state index < -0.39 is 0 Å². The van der Waals surface area contributed by atoms with Crippen LogP contribution in [0.15, 0.2) is 24.3 Å². The molecule has 1 aromatic carbocycles. The van der Waals surface area contributed by atoms with Gasteiger partial charge >= 0.3 is 5.97 Å². The van der Waals surface area contributed by atoms with Gasteiger partial charge < -0.3 is 9.84 Å². The zero-order valence-electron chi connectivity index (χ0n) is 8.06. The standard InChI is InChI=1S/C10H12O3S/c1-13-10(12)9(14-2)7-3-5-8(11)6-4-7/h3-6,9,11H,1-2H3. The molecule has 1 rings (SSSR count). The summed E-state index contributed by atoms with van der Waals surface area (Å²) in [5, 5.41) is 8.77. The Bertz CT molecular complexity index is 308. The van der Waals surface area contributed by atoms with Crippen LogP contribution in [0.5, 0.6) is 5.75 Å². The normalized spacial score (nSPS) is 12.1. The third-order valence-corrected chi connectivity index (χ3v) is 2.78. The Hall–Kier alpha value is -1.16. The van der Waals surface area contributed by atoms with Crippen molar-refractivity contribution in [2.75, 3.05) is 13.4 Å². The predicted octanol–water partition coefficient (Wildman–Crippen LogP) is 1.97. The van der Waals surface area contributed by atoms with Gasteiger partial charge in [-0.15, -0.1) is 11.8 Å². The van der Waals surface area contributed by atoms with Crippen molar-refractivity contribution in [2.24, 2.45) is 0 Å². The van der Waals surface area contributed by atoms with Crippen LogP contribution in [0.25, 0.3) is 0 Å². The van der Waals surface area contributed by atoms with Crippen molar-refractivity contribution in [3.63, 3.8) is 0 Å². The molecular formula is C10H12O3S. The van der Waals surface area contributed by atoms with Gasteiger partial charge in [-0.1, -0.05) is 12.1 Å². The molecule has 0 aliphatic rings. The van der Waals surface area contributed by atoms with Crippen molar-refractivity contribution in [1.82, 2.24) is 0 Å². The number of aromatic hydroxyl groups is 1. The third-order valence-electron chi connectivity index (χ3n) is 1.85. The quantitative estimate of drug-likeness (QED) is 0.778. The van der Waals surface area contributed by atoms with Crippen LogP contribution >= 0.6 is 11.8 Å². The van der Waals surface area contributed by atoms with Crippen molar-refractivity contribution >= 4 is 17.7 Å². The van der Waals surface area contributed by atoms with E-state index in [0.717, 1.165) is 5.56 Å². The molecule has 0 aliphatic carbocycles. The second-order valence-corrected chi connectivity index (χ2v) is 3.67. The lowest BCUT2D eigenvalue weighted by molar-refractivity contribution is -0.140. The molecule has 3 nitrogen and oxygen atoms in total. The van der Waals surface area contributed by atoms with Gasteiger partial charge in [0.1, 0.15) is 11.0 Å². The number of phenolic OH excluding ortho intramolecular Hbond substituents is 1. The predicted molar refractivity (Wildman–Crippen MR) is 56.4 cm³/mol. The molecule has 1 aromatic rings.